The fourth-order valence-corrected chi connectivity index (χ4v) is 1.53. The second-order valence-corrected chi connectivity index (χ2v) is 4.96. The van der Waals surface area contributed by atoms with Gasteiger partial charge in [-0.05, 0) is 17.5 Å². The summed E-state index contributed by atoms with van der Waals surface area (Å²) in [5.41, 5.74) is -0.232. The van der Waals surface area contributed by atoms with E-state index in [1.54, 1.807) is 12.4 Å². The summed E-state index contributed by atoms with van der Waals surface area (Å²) in [6.07, 6.45) is 3.57. The highest BCUT2D eigenvalue weighted by atomic mass is 16.5. The van der Waals surface area contributed by atoms with Gasteiger partial charge in [0, 0.05) is 23.2 Å². The molecule has 0 unspecified atom stereocenters. The zero-order chi connectivity index (χ0) is 12.3. The minimum atomic E-state index is -0.232. The van der Waals surface area contributed by atoms with Gasteiger partial charge >= 0.3 is 0 Å². The Morgan fingerprint density at radius 1 is 1.29 bits per heavy atom. The number of nitrogens with zero attached hydrogens (tertiary/aromatic N) is 1. The first-order valence-corrected chi connectivity index (χ1v) is 5.69. The number of fused-ring (bicyclic) bond motifs is 1. The quantitative estimate of drug-likeness (QED) is 0.879. The summed E-state index contributed by atoms with van der Waals surface area (Å²) in [6.45, 7) is 4.53. The highest BCUT2D eigenvalue weighted by Crippen LogP contribution is 2.26. The van der Waals surface area contributed by atoms with E-state index in [2.05, 4.69) is 4.98 Å². The molecule has 3 heteroatoms. The minimum Gasteiger partial charge on any atom is -0.492 e. The highest BCUT2D eigenvalue weighted by Gasteiger charge is 2.17. The monoisotopic (exact) mass is 231 g/mol. The van der Waals surface area contributed by atoms with E-state index in [9.17, 15) is 5.11 Å². The third-order valence-corrected chi connectivity index (χ3v) is 2.69. The molecule has 0 amide bonds. The van der Waals surface area contributed by atoms with E-state index < -0.39 is 0 Å². The molecular formula is C14H17NO2. The van der Waals surface area contributed by atoms with Gasteiger partial charge in [-0.25, -0.2) is 0 Å². The number of hydrogen-bond donors (Lipinski definition) is 1. The molecule has 1 aromatic carbocycles. The van der Waals surface area contributed by atoms with Gasteiger partial charge in [0.1, 0.15) is 5.75 Å². The number of aromatic nitrogens is 1. The first kappa shape index (κ1) is 11.9. The second kappa shape index (κ2) is 4.72. The summed E-state index contributed by atoms with van der Waals surface area (Å²) in [5.74, 6) is 0.817. The molecule has 0 saturated heterocycles. The maximum absolute atomic E-state index is 9.19. The largest absolute Gasteiger partial charge is 0.492 e. The van der Waals surface area contributed by atoms with Gasteiger partial charge in [-0.15, -0.1) is 0 Å². The first-order valence-electron chi connectivity index (χ1n) is 5.69. The van der Waals surface area contributed by atoms with Crippen molar-refractivity contribution in [1.82, 2.24) is 4.98 Å². The van der Waals surface area contributed by atoms with Crippen LogP contribution >= 0.6 is 0 Å². The van der Waals surface area contributed by atoms with E-state index in [1.807, 2.05) is 38.1 Å². The smallest absolute Gasteiger partial charge is 0.128 e. The van der Waals surface area contributed by atoms with Gasteiger partial charge in [-0.1, -0.05) is 26.0 Å². The molecule has 0 aliphatic carbocycles. The molecule has 2 rings (SSSR count). The van der Waals surface area contributed by atoms with E-state index in [0.717, 1.165) is 16.5 Å². The molecule has 0 aliphatic rings. The summed E-state index contributed by atoms with van der Waals surface area (Å²) >= 11 is 0. The number of aliphatic hydroxyl groups excluding tert-OH is 1. The average molecular weight is 231 g/mol. The number of pyridine rings is 1. The van der Waals surface area contributed by atoms with Crippen LogP contribution in [0, 0.1) is 5.41 Å². The summed E-state index contributed by atoms with van der Waals surface area (Å²) in [5, 5.41) is 11.3. The van der Waals surface area contributed by atoms with Crippen molar-refractivity contribution < 1.29 is 9.84 Å². The Hall–Kier alpha value is -1.61. The Kier molecular flexibility index (Phi) is 3.29. The van der Waals surface area contributed by atoms with Crippen molar-refractivity contribution in [2.45, 2.75) is 13.8 Å². The Balaban J connectivity index is 2.24. The van der Waals surface area contributed by atoms with Crippen LogP contribution in [0.15, 0.2) is 36.7 Å². The third-order valence-electron chi connectivity index (χ3n) is 2.69. The van der Waals surface area contributed by atoms with Crippen LogP contribution in [-0.4, -0.2) is 23.3 Å². The van der Waals surface area contributed by atoms with Crippen molar-refractivity contribution in [2.24, 2.45) is 5.41 Å². The van der Waals surface area contributed by atoms with E-state index >= 15 is 0 Å². The molecule has 0 radical (unpaired) electrons. The fourth-order valence-electron chi connectivity index (χ4n) is 1.53. The lowest BCUT2D eigenvalue weighted by atomic mass is 9.96. The Bertz CT molecular complexity index is 503. The number of aliphatic hydroxyl groups is 1. The fraction of sp³-hybridized carbons (Fsp3) is 0.357. The van der Waals surface area contributed by atoms with Crippen LogP contribution in [0.1, 0.15) is 13.8 Å². The molecule has 0 bridgehead atoms. The number of rotatable bonds is 4. The molecule has 1 N–H and O–H groups in total. The van der Waals surface area contributed by atoms with Gasteiger partial charge in [0.05, 0.1) is 13.2 Å². The molecule has 3 nitrogen and oxygen atoms in total. The van der Waals surface area contributed by atoms with E-state index in [0.29, 0.717) is 6.61 Å². The normalized spacial score (nSPS) is 11.7. The topological polar surface area (TPSA) is 42.4 Å². The molecular weight excluding hydrogens is 214 g/mol. The Morgan fingerprint density at radius 2 is 2.12 bits per heavy atom. The number of hydrogen-bond acceptors (Lipinski definition) is 3. The van der Waals surface area contributed by atoms with Crippen LogP contribution in [-0.2, 0) is 0 Å². The molecule has 0 spiro atoms. The molecule has 0 saturated carbocycles. The third kappa shape index (κ3) is 2.74. The van der Waals surface area contributed by atoms with E-state index in [1.165, 1.54) is 0 Å². The minimum absolute atomic E-state index is 0.107. The maximum atomic E-state index is 9.19. The number of benzene rings is 1. The zero-order valence-corrected chi connectivity index (χ0v) is 10.2. The van der Waals surface area contributed by atoms with Crippen molar-refractivity contribution in [3.8, 4) is 5.75 Å². The molecule has 0 fully saturated rings. The van der Waals surface area contributed by atoms with Gasteiger partial charge in [-0.2, -0.15) is 0 Å². The van der Waals surface area contributed by atoms with Crippen LogP contribution in [0.25, 0.3) is 10.8 Å². The molecule has 90 valence electrons. The highest BCUT2D eigenvalue weighted by molar-refractivity contribution is 5.87. The van der Waals surface area contributed by atoms with Gasteiger partial charge in [0.2, 0.25) is 0 Å². The SMILES string of the molecule is CC(C)(CO)COc1cccc2ccncc12. The van der Waals surface area contributed by atoms with Crippen LogP contribution in [0.3, 0.4) is 0 Å². The standard InChI is InChI=1S/C14H17NO2/c1-14(2,9-16)10-17-13-5-3-4-11-6-7-15-8-12(11)13/h3-8,16H,9-10H2,1-2H3. The van der Waals surface area contributed by atoms with Crippen molar-refractivity contribution in [2.75, 3.05) is 13.2 Å². The predicted octanol–water partition coefficient (Wildman–Crippen LogP) is 2.63. The van der Waals surface area contributed by atoms with E-state index in [4.69, 9.17) is 4.74 Å². The zero-order valence-electron chi connectivity index (χ0n) is 10.2. The summed E-state index contributed by atoms with van der Waals surface area (Å²) in [7, 11) is 0. The van der Waals surface area contributed by atoms with Crippen LogP contribution in [0.5, 0.6) is 5.75 Å². The van der Waals surface area contributed by atoms with Gasteiger partial charge in [0.15, 0.2) is 0 Å². The van der Waals surface area contributed by atoms with Crippen molar-refractivity contribution in [1.29, 1.82) is 0 Å². The van der Waals surface area contributed by atoms with Crippen LogP contribution in [0.2, 0.25) is 0 Å². The lowest BCUT2D eigenvalue weighted by Crippen LogP contribution is -2.25. The molecule has 0 atom stereocenters. The van der Waals surface area contributed by atoms with Gasteiger partial charge < -0.3 is 9.84 Å². The molecule has 1 heterocycles. The maximum Gasteiger partial charge on any atom is 0.128 e. The van der Waals surface area contributed by atoms with Crippen molar-refractivity contribution >= 4 is 10.8 Å². The number of ether oxygens (including phenoxy) is 1. The molecule has 2 aromatic rings. The van der Waals surface area contributed by atoms with Gasteiger partial charge in [0.25, 0.3) is 0 Å². The van der Waals surface area contributed by atoms with E-state index in [-0.39, 0.29) is 12.0 Å². The van der Waals surface area contributed by atoms with Crippen LogP contribution < -0.4 is 4.74 Å². The summed E-state index contributed by atoms with van der Waals surface area (Å²) < 4.78 is 5.77. The lowest BCUT2D eigenvalue weighted by Gasteiger charge is -2.22. The lowest BCUT2D eigenvalue weighted by molar-refractivity contribution is 0.0983. The first-order chi connectivity index (χ1) is 8.12. The molecule has 1 aromatic heterocycles. The average Bonchev–Trinajstić information content (AvgIpc) is 2.36. The van der Waals surface area contributed by atoms with Crippen LogP contribution in [0.4, 0.5) is 0 Å². The second-order valence-electron chi connectivity index (χ2n) is 4.96. The van der Waals surface area contributed by atoms with Gasteiger partial charge in [-0.3, -0.25) is 4.98 Å². The molecule has 17 heavy (non-hydrogen) atoms. The summed E-state index contributed by atoms with van der Waals surface area (Å²) in [4.78, 5) is 4.11. The van der Waals surface area contributed by atoms with Crippen molar-refractivity contribution in [3.63, 3.8) is 0 Å². The Labute approximate surface area is 101 Å². The Morgan fingerprint density at radius 3 is 2.88 bits per heavy atom. The van der Waals surface area contributed by atoms with Crippen molar-refractivity contribution in [3.05, 3.63) is 36.7 Å². The molecule has 0 aliphatic heterocycles. The predicted molar refractivity (Wildman–Crippen MR) is 68.1 cm³/mol. The summed E-state index contributed by atoms with van der Waals surface area (Å²) in [6, 6.07) is 7.88.